The Morgan fingerprint density at radius 3 is 2.43 bits per heavy atom. The first kappa shape index (κ1) is 22.6. The van der Waals surface area contributed by atoms with Crippen LogP contribution in [0.4, 0.5) is 4.39 Å². The van der Waals surface area contributed by atoms with E-state index in [1.807, 2.05) is 12.1 Å². The lowest BCUT2D eigenvalue weighted by atomic mass is 9.89. The molecule has 2 rings (SSSR count). The van der Waals surface area contributed by atoms with E-state index in [4.69, 9.17) is 9.73 Å². The smallest absolute Gasteiger partial charge is 0.191 e. The molecule has 1 unspecified atom stereocenters. The van der Waals surface area contributed by atoms with Gasteiger partial charge in [-0.3, -0.25) is 9.89 Å². The van der Waals surface area contributed by atoms with Crippen LogP contribution in [0.5, 0.6) is 0 Å². The molecule has 6 heteroatoms. The minimum absolute atomic E-state index is 0.0568. The van der Waals surface area contributed by atoms with Gasteiger partial charge in [0.1, 0.15) is 5.82 Å². The van der Waals surface area contributed by atoms with Crippen LogP contribution >= 0.6 is 0 Å². The fraction of sp³-hybridized carbons (Fsp3) is 0.682. The summed E-state index contributed by atoms with van der Waals surface area (Å²) in [6, 6.07) is 7.23. The van der Waals surface area contributed by atoms with Gasteiger partial charge in [-0.05, 0) is 42.9 Å². The Morgan fingerprint density at radius 2 is 1.89 bits per heavy atom. The van der Waals surface area contributed by atoms with Gasteiger partial charge in [0.25, 0.3) is 0 Å². The van der Waals surface area contributed by atoms with Crippen molar-refractivity contribution in [1.29, 1.82) is 0 Å². The van der Waals surface area contributed by atoms with E-state index in [1.54, 1.807) is 7.11 Å². The van der Waals surface area contributed by atoms with E-state index in [2.05, 4.69) is 43.2 Å². The summed E-state index contributed by atoms with van der Waals surface area (Å²) >= 11 is 0. The number of rotatable bonds is 7. The second-order valence-corrected chi connectivity index (χ2v) is 8.63. The Balaban J connectivity index is 1.84. The molecule has 0 radical (unpaired) electrons. The van der Waals surface area contributed by atoms with Crippen LogP contribution in [-0.4, -0.2) is 56.3 Å². The number of benzene rings is 1. The predicted molar refractivity (Wildman–Crippen MR) is 114 cm³/mol. The van der Waals surface area contributed by atoms with Crippen molar-refractivity contribution in [3.63, 3.8) is 0 Å². The number of piperidine rings is 1. The largest absolute Gasteiger partial charge is 0.379 e. The third-order valence-corrected chi connectivity index (χ3v) is 5.26. The third-order valence-electron chi connectivity index (χ3n) is 5.26. The highest BCUT2D eigenvalue weighted by Crippen LogP contribution is 2.22. The topological polar surface area (TPSA) is 48.9 Å². The van der Waals surface area contributed by atoms with Crippen molar-refractivity contribution in [2.75, 3.05) is 33.3 Å². The van der Waals surface area contributed by atoms with Crippen molar-refractivity contribution in [3.05, 3.63) is 35.6 Å². The lowest BCUT2D eigenvalue weighted by Gasteiger charge is -2.33. The molecule has 1 aliphatic heterocycles. The van der Waals surface area contributed by atoms with E-state index < -0.39 is 0 Å². The van der Waals surface area contributed by atoms with E-state index >= 15 is 0 Å². The van der Waals surface area contributed by atoms with Gasteiger partial charge >= 0.3 is 0 Å². The first-order valence-corrected chi connectivity index (χ1v) is 10.4. The molecule has 1 heterocycles. The second-order valence-electron chi connectivity index (χ2n) is 8.63. The number of methoxy groups -OCH3 is 1. The fourth-order valence-electron chi connectivity index (χ4n) is 3.47. The Hall–Kier alpha value is -1.66. The first-order chi connectivity index (χ1) is 13.3. The average Bonchev–Trinajstić information content (AvgIpc) is 2.64. The molecule has 5 nitrogen and oxygen atoms in total. The van der Waals surface area contributed by atoms with Crippen molar-refractivity contribution in [2.45, 2.75) is 59.2 Å². The van der Waals surface area contributed by atoms with Crippen LogP contribution in [0.15, 0.2) is 29.3 Å². The van der Waals surface area contributed by atoms with Crippen LogP contribution in [-0.2, 0) is 11.3 Å². The molecule has 28 heavy (non-hydrogen) atoms. The molecule has 1 aromatic rings. The Bertz CT molecular complexity index is 604. The number of nitrogens with zero attached hydrogens (tertiary/aromatic N) is 2. The van der Waals surface area contributed by atoms with E-state index in [0.29, 0.717) is 12.6 Å². The fourth-order valence-corrected chi connectivity index (χ4v) is 3.47. The molecule has 1 aromatic carbocycles. The average molecular weight is 393 g/mol. The zero-order valence-electron chi connectivity index (χ0n) is 18.1. The highest BCUT2D eigenvalue weighted by molar-refractivity contribution is 5.80. The summed E-state index contributed by atoms with van der Waals surface area (Å²) in [6.45, 7) is 13.0. The van der Waals surface area contributed by atoms with Gasteiger partial charge in [0.15, 0.2) is 5.96 Å². The SMILES string of the molecule is CCNC(=NCC(OC)C(C)(C)C)NC1CCN(Cc2ccc(F)cc2)CC1. The monoisotopic (exact) mass is 392 g/mol. The maximum atomic E-state index is 13.1. The number of guanidine groups is 1. The van der Waals surface area contributed by atoms with Gasteiger partial charge in [0.2, 0.25) is 0 Å². The number of nitrogens with one attached hydrogen (secondary N) is 2. The quantitative estimate of drug-likeness (QED) is 0.552. The third kappa shape index (κ3) is 7.40. The molecule has 0 aliphatic carbocycles. The van der Waals surface area contributed by atoms with E-state index in [-0.39, 0.29) is 17.3 Å². The van der Waals surface area contributed by atoms with E-state index in [1.165, 1.54) is 12.1 Å². The summed E-state index contributed by atoms with van der Waals surface area (Å²) in [5, 5.41) is 6.94. The number of ether oxygens (including phenoxy) is 1. The molecule has 0 amide bonds. The standard InChI is InChI=1S/C22H37FN4O/c1-6-24-21(25-15-20(28-5)22(2,3)4)26-19-11-13-27(14-12-19)16-17-7-9-18(23)10-8-17/h7-10,19-20H,6,11-16H2,1-5H3,(H2,24,25,26). The maximum absolute atomic E-state index is 13.1. The Kier molecular flexibility index (Phi) is 8.70. The van der Waals surface area contributed by atoms with Crippen LogP contribution < -0.4 is 10.6 Å². The molecule has 0 saturated carbocycles. The molecule has 0 bridgehead atoms. The maximum Gasteiger partial charge on any atom is 0.191 e. The summed E-state index contributed by atoms with van der Waals surface area (Å²) in [6.07, 6.45) is 2.22. The van der Waals surface area contributed by atoms with Crippen molar-refractivity contribution in [2.24, 2.45) is 10.4 Å². The molecule has 0 aromatic heterocycles. The molecular weight excluding hydrogens is 355 g/mol. The summed E-state index contributed by atoms with van der Waals surface area (Å²) < 4.78 is 18.7. The van der Waals surface area contributed by atoms with E-state index in [0.717, 1.165) is 50.5 Å². The van der Waals surface area contributed by atoms with Crippen LogP contribution in [0.25, 0.3) is 0 Å². The molecule has 1 aliphatic rings. The minimum Gasteiger partial charge on any atom is -0.379 e. The molecule has 1 atom stereocenters. The molecule has 0 spiro atoms. The molecule has 1 fully saturated rings. The van der Waals surface area contributed by atoms with Crippen molar-refractivity contribution in [3.8, 4) is 0 Å². The van der Waals surface area contributed by atoms with Crippen LogP contribution in [0, 0.1) is 11.2 Å². The van der Waals surface area contributed by atoms with Gasteiger partial charge in [-0.15, -0.1) is 0 Å². The van der Waals surface area contributed by atoms with Crippen LogP contribution in [0.2, 0.25) is 0 Å². The van der Waals surface area contributed by atoms with Crippen molar-refractivity contribution >= 4 is 5.96 Å². The predicted octanol–water partition coefficient (Wildman–Crippen LogP) is 3.41. The summed E-state index contributed by atoms with van der Waals surface area (Å²) in [5.74, 6) is 0.690. The minimum atomic E-state index is -0.177. The lowest BCUT2D eigenvalue weighted by Crippen LogP contribution is -2.49. The summed E-state index contributed by atoms with van der Waals surface area (Å²) in [4.78, 5) is 7.19. The number of likely N-dealkylation sites (tertiary alicyclic amines) is 1. The number of hydrogen-bond donors (Lipinski definition) is 2. The van der Waals surface area contributed by atoms with Crippen LogP contribution in [0.3, 0.4) is 0 Å². The zero-order valence-corrected chi connectivity index (χ0v) is 18.1. The van der Waals surface area contributed by atoms with Crippen LogP contribution in [0.1, 0.15) is 46.1 Å². The Morgan fingerprint density at radius 1 is 1.25 bits per heavy atom. The van der Waals surface area contributed by atoms with Gasteiger partial charge in [-0.2, -0.15) is 0 Å². The van der Waals surface area contributed by atoms with Gasteiger partial charge in [-0.25, -0.2) is 4.39 Å². The normalized spacial score (nSPS) is 18.1. The molecule has 1 saturated heterocycles. The summed E-state index contributed by atoms with van der Waals surface area (Å²) in [7, 11) is 1.75. The molecule has 2 N–H and O–H groups in total. The van der Waals surface area contributed by atoms with Gasteiger partial charge in [0.05, 0.1) is 12.6 Å². The highest BCUT2D eigenvalue weighted by Gasteiger charge is 2.25. The van der Waals surface area contributed by atoms with Crippen molar-refractivity contribution in [1.82, 2.24) is 15.5 Å². The molecular formula is C22H37FN4O. The van der Waals surface area contributed by atoms with Crippen molar-refractivity contribution < 1.29 is 9.13 Å². The number of halogens is 1. The first-order valence-electron chi connectivity index (χ1n) is 10.4. The second kappa shape index (κ2) is 10.8. The number of aliphatic imine (C=N–C) groups is 1. The van der Waals surface area contributed by atoms with Gasteiger partial charge in [0, 0.05) is 39.3 Å². The highest BCUT2D eigenvalue weighted by atomic mass is 19.1. The zero-order chi connectivity index (χ0) is 20.6. The molecule has 158 valence electrons. The lowest BCUT2D eigenvalue weighted by molar-refractivity contribution is 0.0241. The van der Waals surface area contributed by atoms with E-state index in [9.17, 15) is 4.39 Å². The number of hydrogen-bond acceptors (Lipinski definition) is 3. The Labute approximate surface area is 169 Å². The summed E-state index contributed by atoms with van der Waals surface area (Å²) in [5.41, 5.74) is 1.22. The van der Waals surface area contributed by atoms with Gasteiger partial charge in [-0.1, -0.05) is 32.9 Å². The van der Waals surface area contributed by atoms with Gasteiger partial charge < -0.3 is 15.4 Å².